The zero-order valence-corrected chi connectivity index (χ0v) is 19.7. The molecule has 2 aromatic carbocycles. The SMILES string of the molecule is Cc1cccc(S(=O)(=O)NCc2ccc(-c3nn([C@@H]4CCCNC4)c4ncnc(N)c34)cc2)c1. The van der Waals surface area contributed by atoms with Gasteiger partial charge in [0, 0.05) is 18.7 Å². The first kappa shape index (κ1) is 22.5. The quantitative estimate of drug-likeness (QED) is 0.390. The fourth-order valence-electron chi connectivity index (χ4n) is 4.32. The van der Waals surface area contributed by atoms with Crippen LogP contribution < -0.4 is 15.8 Å². The Hall–Kier alpha value is -3.34. The van der Waals surface area contributed by atoms with Crippen molar-refractivity contribution in [2.45, 2.75) is 37.2 Å². The summed E-state index contributed by atoms with van der Waals surface area (Å²) in [4.78, 5) is 8.92. The van der Waals surface area contributed by atoms with E-state index >= 15 is 0 Å². The first-order chi connectivity index (χ1) is 16.4. The zero-order valence-electron chi connectivity index (χ0n) is 18.9. The maximum Gasteiger partial charge on any atom is 0.240 e. The van der Waals surface area contributed by atoms with Gasteiger partial charge in [0.1, 0.15) is 17.8 Å². The fourth-order valence-corrected chi connectivity index (χ4v) is 5.44. The van der Waals surface area contributed by atoms with E-state index in [9.17, 15) is 8.42 Å². The van der Waals surface area contributed by atoms with Gasteiger partial charge in [-0.2, -0.15) is 5.10 Å². The number of nitrogens with one attached hydrogen (secondary N) is 2. The van der Waals surface area contributed by atoms with Crippen LogP contribution in [0.2, 0.25) is 0 Å². The molecule has 34 heavy (non-hydrogen) atoms. The maximum atomic E-state index is 12.6. The number of sulfonamides is 1. The number of nitrogen functional groups attached to an aromatic ring is 1. The van der Waals surface area contributed by atoms with E-state index in [0.717, 1.165) is 59.3 Å². The highest BCUT2D eigenvalue weighted by atomic mass is 32.2. The highest BCUT2D eigenvalue weighted by molar-refractivity contribution is 7.89. The van der Waals surface area contributed by atoms with Crippen LogP contribution in [0.4, 0.5) is 5.82 Å². The van der Waals surface area contributed by atoms with Crippen LogP contribution in [-0.2, 0) is 16.6 Å². The smallest absolute Gasteiger partial charge is 0.240 e. The molecular weight excluding hydrogens is 450 g/mol. The summed E-state index contributed by atoms with van der Waals surface area (Å²) >= 11 is 0. The van der Waals surface area contributed by atoms with E-state index < -0.39 is 10.0 Å². The van der Waals surface area contributed by atoms with Gasteiger partial charge in [-0.3, -0.25) is 0 Å². The normalized spacial score (nSPS) is 16.7. The van der Waals surface area contributed by atoms with Gasteiger partial charge in [0.2, 0.25) is 10.0 Å². The monoisotopic (exact) mass is 477 g/mol. The Bertz CT molecular complexity index is 1430. The zero-order chi connectivity index (χ0) is 23.7. The maximum absolute atomic E-state index is 12.6. The molecule has 0 spiro atoms. The molecule has 0 unspecified atom stereocenters. The lowest BCUT2D eigenvalue weighted by Crippen LogP contribution is -2.32. The average molecular weight is 478 g/mol. The molecule has 0 saturated carbocycles. The van der Waals surface area contributed by atoms with Crippen LogP contribution >= 0.6 is 0 Å². The average Bonchev–Trinajstić information content (AvgIpc) is 3.25. The van der Waals surface area contributed by atoms with Crippen molar-refractivity contribution in [1.82, 2.24) is 29.8 Å². The van der Waals surface area contributed by atoms with Crippen molar-refractivity contribution in [2.24, 2.45) is 0 Å². The minimum absolute atomic E-state index is 0.185. The van der Waals surface area contributed by atoms with Crippen LogP contribution in [0.1, 0.15) is 30.0 Å². The number of benzene rings is 2. The second-order valence-corrected chi connectivity index (χ2v) is 10.4. The van der Waals surface area contributed by atoms with Crippen LogP contribution in [0.5, 0.6) is 0 Å². The predicted octanol–water partition coefficient (Wildman–Crippen LogP) is 2.79. The Balaban J connectivity index is 1.41. The van der Waals surface area contributed by atoms with Gasteiger partial charge < -0.3 is 11.1 Å². The first-order valence-electron chi connectivity index (χ1n) is 11.3. The van der Waals surface area contributed by atoms with Gasteiger partial charge in [-0.05, 0) is 49.6 Å². The minimum Gasteiger partial charge on any atom is -0.383 e. The lowest BCUT2D eigenvalue weighted by Gasteiger charge is -2.23. The lowest BCUT2D eigenvalue weighted by atomic mass is 10.1. The van der Waals surface area contributed by atoms with Gasteiger partial charge in [-0.25, -0.2) is 27.8 Å². The van der Waals surface area contributed by atoms with Crippen molar-refractivity contribution >= 4 is 26.9 Å². The summed E-state index contributed by atoms with van der Waals surface area (Å²) in [6.45, 7) is 3.89. The number of nitrogens with two attached hydrogens (primary N) is 1. The van der Waals surface area contributed by atoms with Gasteiger partial charge in [-0.1, -0.05) is 36.4 Å². The molecule has 10 heteroatoms. The Morgan fingerprint density at radius 1 is 1.18 bits per heavy atom. The van der Waals surface area contributed by atoms with E-state index in [1.807, 2.05) is 41.9 Å². The Morgan fingerprint density at radius 3 is 2.74 bits per heavy atom. The Morgan fingerprint density at radius 2 is 2.00 bits per heavy atom. The molecule has 5 rings (SSSR count). The lowest BCUT2D eigenvalue weighted by molar-refractivity contribution is 0.354. The minimum atomic E-state index is -3.59. The van der Waals surface area contributed by atoms with Gasteiger partial charge in [0.25, 0.3) is 0 Å². The largest absolute Gasteiger partial charge is 0.383 e. The van der Waals surface area contributed by atoms with Crippen molar-refractivity contribution in [1.29, 1.82) is 0 Å². The molecule has 1 atom stereocenters. The van der Waals surface area contributed by atoms with Crippen LogP contribution in [0.3, 0.4) is 0 Å². The number of piperidine rings is 1. The number of nitrogens with zero attached hydrogens (tertiary/aromatic N) is 4. The number of aryl methyl sites for hydroxylation is 1. The number of hydrogen-bond acceptors (Lipinski definition) is 7. The third kappa shape index (κ3) is 4.39. The molecule has 0 bridgehead atoms. The van der Waals surface area contributed by atoms with E-state index in [-0.39, 0.29) is 17.5 Å². The van der Waals surface area contributed by atoms with Crippen molar-refractivity contribution in [3.05, 3.63) is 66.0 Å². The third-order valence-electron chi connectivity index (χ3n) is 6.13. The van der Waals surface area contributed by atoms with Crippen LogP contribution in [-0.4, -0.2) is 41.3 Å². The molecule has 4 N–H and O–H groups in total. The second-order valence-electron chi connectivity index (χ2n) is 8.59. The van der Waals surface area contributed by atoms with E-state index in [1.54, 1.807) is 18.2 Å². The standard InChI is InChI=1S/C24H27N7O2S/c1-16-4-2-6-20(12-16)34(32,33)29-13-17-7-9-18(10-8-17)22-21-23(25)27-15-28-24(21)31(30-22)19-5-3-11-26-14-19/h2,4,6-10,12,15,19,26,29H,3,5,11,13-14H2,1H3,(H2,25,27,28)/t19-/m1/s1. The van der Waals surface area contributed by atoms with Crippen molar-refractivity contribution in [3.8, 4) is 11.3 Å². The predicted molar refractivity (Wildman–Crippen MR) is 132 cm³/mol. The molecule has 1 saturated heterocycles. The fraction of sp³-hybridized carbons (Fsp3) is 0.292. The summed E-state index contributed by atoms with van der Waals surface area (Å²) < 4.78 is 29.9. The summed E-state index contributed by atoms with van der Waals surface area (Å²) in [5.74, 6) is 0.394. The van der Waals surface area contributed by atoms with E-state index in [2.05, 4.69) is 20.0 Å². The Kier molecular flexibility index (Phi) is 6.03. The second kappa shape index (κ2) is 9.13. The summed E-state index contributed by atoms with van der Waals surface area (Å²) in [6.07, 6.45) is 3.57. The van der Waals surface area contributed by atoms with Gasteiger partial charge in [-0.15, -0.1) is 0 Å². The van der Waals surface area contributed by atoms with E-state index in [1.165, 1.54) is 6.33 Å². The van der Waals surface area contributed by atoms with Crippen molar-refractivity contribution in [2.75, 3.05) is 18.8 Å². The number of aromatic nitrogens is 4. The van der Waals surface area contributed by atoms with Gasteiger partial charge >= 0.3 is 0 Å². The molecule has 3 heterocycles. The van der Waals surface area contributed by atoms with Crippen LogP contribution in [0, 0.1) is 6.92 Å². The molecule has 176 valence electrons. The van der Waals surface area contributed by atoms with E-state index in [4.69, 9.17) is 10.8 Å². The molecule has 1 aliphatic heterocycles. The summed E-state index contributed by atoms with van der Waals surface area (Å²) in [5, 5.41) is 9.05. The molecular formula is C24H27N7O2S. The van der Waals surface area contributed by atoms with Crippen molar-refractivity contribution in [3.63, 3.8) is 0 Å². The molecule has 2 aromatic heterocycles. The Labute approximate surface area is 198 Å². The number of hydrogen-bond donors (Lipinski definition) is 3. The molecule has 1 fully saturated rings. The third-order valence-corrected chi connectivity index (χ3v) is 7.53. The van der Waals surface area contributed by atoms with Gasteiger partial charge in [0.15, 0.2) is 5.65 Å². The molecule has 0 radical (unpaired) electrons. The number of anilines is 1. The number of rotatable bonds is 6. The summed E-state index contributed by atoms with van der Waals surface area (Å²) in [5.41, 5.74) is 10.3. The molecule has 1 aliphatic rings. The summed E-state index contributed by atoms with van der Waals surface area (Å²) in [6, 6.07) is 14.7. The molecule has 9 nitrogen and oxygen atoms in total. The molecule has 4 aromatic rings. The summed E-state index contributed by atoms with van der Waals surface area (Å²) in [7, 11) is -3.59. The van der Waals surface area contributed by atoms with Crippen LogP contribution in [0.15, 0.2) is 59.8 Å². The van der Waals surface area contributed by atoms with Crippen LogP contribution in [0.25, 0.3) is 22.3 Å². The first-order valence-corrected chi connectivity index (χ1v) is 12.8. The highest BCUT2D eigenvalue weighted by Gasteiger charge is 2.23. The molecule has 0 aliphatic carbocycles. The highest BCUT2D eigenvalue weighted by Crippen LogP contribution is 2.33. The van der Waals surface area contributed by atoms with Crippen molar-refractivity contribution < 1.29 is 8.42 Å². The van der Waals surface area contributed by atoms with E-state index in [0.29, 0.717) is 5.82 Å². The van der Waals surface area contributed by atoms with Gasteiger partial charge in [0.05, 0.1) is 16.3 Å². The molecule has 0 amide bonds. The number of fused-ring (bicyclic) bond motifs is 1. The topological polar surface area (TPSA) is 128 Å².